The van der Waals surface area contributed by atoms with Crippen molar-refractivity contribution in [2.45, 2.75) is 6.92 Å². The number of pyridine rings is 1. The first kappa shape index (κ1) is 17.1. The molecule has 1 aromatic heterocycles. The second-order valence-electron chi connectivity index (χ2n) is 4.30. The zero-order valence-corrected chi connectivity index (χ0v) is 12.7. The highest BCUT2D eigenvalue weighted by molar-refractivity contribution is 5.61. The molecule has 0 aliphatic heterocycles. The number of nitrogens with zero attached hydrogens (tertiary/aromatic N) is 3. The molecule has 1 heterocycles. The average Bonchev–Trinajstić information content (AvgIpc) is 2.47. The minimum atomic E-state index is -0.426. The molecule has 1 N–H and O–H groups in total. The summed E-state index contributed by atoms with van der Waals surface area (Å²) in [6.45, 7) is 4.55. The Morgan fingerprint density at radius 1 is 1.29 bits per heavy atom. The Morgan fingerprint density at radius 2 is 1.90 bits per heavy atom. The van der Waals surface area contributed by atoms with Crippen molar-refractivity contribution in [3.63, 3.8) is 0 Å². The molecule has 118 valence electrons. The summed E-state index contributed by atoms with van der Waals surface area (Å²) in [5.74, 6) is 0.936. The van der Waals surface area contributed by atoms with Crippen LogP contribution in [0.4, 0.5) is 17.3 Å². The van der Waals surface area contributed by atoms with Crippen LogP contribution < -0.4 is 10.2 Å². The summed E-state index contributed by atoms with van der Waals surface area (Å²) in [6, 6.07) is 3.07. The van der Waals surface area contributed by atoms with Crippen LogP contribution in [0.5, 0.6) is 0 Å². The Morgan fingerprint density at radius 3 is 2.38 bits per heavy atom. The number of ether oxygens (including phenoxy) is 2. The van der Waals surface area contributed by atoms with Crippen molar-refractivity contribution < 1.29 is 14.4 Å². The Kier molecular flexibility index (Phi) is 7.41. The van der Waals surface area contributed by atoms with Crippen molar-refractivity contribution in [3.05, 3.63) is 22.2 Å². The van der Waals surface area contributed by atoms with Gasteiger partial charge in [0.05, 0.1) is 18.1 Å². The Bertz CT molecular complexity index is 448. The first-order valence-corrected chi connectivity index (χ1v) is 6.76. The highest BCUT2D eigenvalue weighted by Crippen LogP contribution is 2.27. The maximum Gasteiger partial charge on any atom is 0.311 e. The standard InChI is InChI=1S/C13H22N4O4/c1-4-14-12-6-5-11(17(18)19)13(15-12)16(7-9-20-2)8-10-21-3/h5-6H,4,7-10H2,1-3H3,(H,14,15). The number of hydrogen-bond acceptors (Lipinski definition) is 7. The fourth-order valence-electron chi connectivity index (χ4n) is 1.82. The number of methoxy groups -OCH3 is 2. The quantitative estimate of drug-likeness (QED) is 0.517. The van der Waals surface area contributed by atoms with Gasteiger partial charge >= 0.3 is 5.69 Å². The molecule has 0 atom stereocenters. The summed E-state index contributed by atoms with van der Waals surface area (Å²) in [5.41, 5.74) is -0.0242. The minimum absolute atomic E-state index is 0.0242. The van der Waals surface area contributed by atoms with Crippen LogP contribution in [0.25, 0.3) is 0 Å². The molecule has 0 unspecified atom stereocenters. The van der Waals surface area contributed by atoms with Crippen LogP contribution >= 0.6 is 0 Å². The summed E-state index contributed by atoms with van der Waals surface area (Å²) in [6.07, 6.45) is 0. The van der Waals surface area contributed by atoms with Gasteiger partial charge in [-0.15, -0.1) is 0 Å². The van der Waals surface area contributed by atoms with E-state index < -0.39 is 4.92 Å². The molecule has 0 fully saturated rings. The topological polar surface area (TPSA) is 89.8 Å². The van der Waals surface area contributed by atoms with E-state index in [4.69, 9.17) is 9.47 Å². The van der Waals surface area contributed by atoms with Gasteiger partial charge in [0.1, 0.15) is 5.82 Å². The van der Waals surface area contributed by atoms with Crippen LogP contribution in [0.3, 0.4) is 0 Å². The third kappa shape index (κ3) is 5.16. The van der Waals surface area contributed by atoms with Crippen LogP contribution in [0.2, 0.25) is 0 Å². The lowest BCUT2D eigenvalue weighted by Gasteiger charge is -2.23. The zero-order chi connectivity index (χ0) is 15.7. The van der Waals surface area contributed by atoms with Crippen molar-refractivity contribution in [2.75, 3.05) is 57.3 Å². The summed E-state index contributed by atoms with van der Waals surface area (Å²) in [5, 5.41) is 14.3. The largest absolute Gasteiger partial charge is 0.383 e. The maximum atomic E-state index is 11.2. The third-order valence-corrected chi connectivity index (χ3v) is 2.84. The van der Waals surface area contributed by atoms with Gasteiger partial charge in [-0.2, -0.15) is 0 Å². The molecule has 0 amide bonds. The number of hydrogen-bond donors (Lipinski definition) is 1. The van der Waals surface area contributed by atoms with E-state index in [1.54, 1.807) is 25.2 Å². The average molecular weight is 298 g/mol. The van der Waals surface area contributed by atoms with Crippen LogP contribution in [0.15, 0.2) is 12.1 Å². The summed E-state index contributed by atoms with van der Waals surface area (Å²) < 4.78 is 10.1. The SMILES string of the molecule is CCNc1ccc([N+](=O)[O-])c(N(CCOC)CCOC)n1. The van der Waals surface area contributed by atoms with Gasteiger partial charge in [-0.3, -0.25) is 10.1 Å². The molecule has 0 saturated carbocycles. The number of nitro groups is 1. The molecule has 21 heavy (non-hydrogen) atoms. The van der Waals surface area contributed by atoms with Gasteiger partial charge in [0.2, 0.25) is 5.82 Å². The first-order valence-electron chi connectivity index (χ1n) is 6.76. The predicted octanol–water partition coefficient (Wildman–Crippen LogP) is 1.52. The van der Waals surface area contributed by atoms with Crippen molar-refractivity contribution >= 4 is 17.3 Å². The predicted molar refractivity (Wildman–Crippen MR) is 81.0 cm³/mol. The minimum Gasteiger partial charge on any atom is -0.383 e. The molecule has 8 nitrogen and oxygen atoms in total. The second kappa shape index (κ2) is 9.09. The summed E-state index contributed by atoms with van der Waals surface area (Å²) in [7, 11) is 3.18. The van der Waals surface area contributed by atoms with Gasteiger partial charge in [0, 0.05) is 39.9 Å². The van der Waals surface area contributed by atoms with Crippen LogP contribution in [-0.2, 0) is 9.47 Å². The summed E-state index contributed by atoms with van der Waals surface area (Å²) >= 11 is 0. The van der Waals surface area contributed by atoms with E-state index >= 15 is 0 Å². The van der Waals surface area contributed by atoms with Crippen LogP contribution in [-0.4, -0.2) is 57.0 Å². The molecule has 0 aromatic carbocycles. The van der Waals surface area contributed by atoms with Gasteiger partial charge in [-0.05, 0) is 13.0 Å². The monoisotopic (exact) mass is 298 g/mol. The maximum absolute atomic E-state index is 11.2. The van der Waals surface area contributed by atoms with Crippen molar-refractivity contribution in [3.8, 4) is 0 Å². The third-order valence-electron chi connectivity index (χ3n) is 2.84. The van der Waals surface area contributed by atoms with Gasteiger partial charge in [0.15, 0.2) is 0 Å². The normalized spacial score (nSPS) is 10.4. The fraction of sp³-hybridized carbons (Fsp3) is 0.615. The van der Waals surface area contributed by atoms with E-state index in [0.717, 1.165) is 0 Å². The molecule has 1 aromatic rings. The lowest BCUT2D eigenvalue weighted by Crippen LogP contribution is -2.32. The van der Waals surface area contributed by atoms with E-state index in [-0.39, 0.29) is 5.69 Å². The highest BCUT2D eigenvalue weighted by atomic mass is 16.6. The van der Waals surface area contributed by atoms with Gasteiger partial charge in [-0.25, -0.2) is 4.98 Å². The van der Waals surface area contributed by atoms with Crippen molar-refractivity contribution in [1.82, 2.24) is 4.98 Å². The van der Waals surface area contributed by atoms with Crippen molar-refractivity contribution in [2.24, 2.45) is 0 Å². The van der Waals surface area contributed by atoms with E-state index in [2.05, 4.69) is 10.3 Å². The molecule has 0 aliphatic carbocycles. The zero-order valence-electron chi connectivity index (χ0n) is 12.7. The Labute approximate surface area is 124 Å². The fourth-order valence-corrected chi connectivity index (χ4v) is 1.82. The molecule has 0 bridgehead atoms. The molecular formula is C13H22N4O4. The molecule has 0 spiro atoms. The van der Waals surface area contributed by atoms with Gasteiger partial charge in [0.25, 0.3) is 0 Å². The first-order chi connectivity index (χ1) is 10.1. The van der Waals surface area contributed by atoms with Gasteiger partial charge in [-0.1, -0.05) is 0 Å². The summed E-state index contributed by atoms with van der Waals surface area (Å²) in [4.78, 5) is 16.9. The molecule has 0 aliphatic rings. The molecule has 8 heteroatoms. The van der Waals surface area contributed by atoms with Crippen molar-refractivity contribution in [1.29, 1.82) is 0 Å². The lowest BCUT2D eigenvalue weighted by molar-refractivity contribution is -0.384. The van der Waals surface area contributed by atoms with Gasteiger partial charge < -0.3 is 19.7 Å². The second-order valence-corrected chi connectivity index (χ2v) is 4.30. The highest BCUT2D eigenvalue weighted by Gasteiger charge is 2.21. The Balaban J connectivity index is 3.10. The number of rotatable bonds is 10. The number of aromatic nitrogens is 1. The number of anilines is 2. The molecule has 0 saturated heterocycles. The molecule has 1 rings (SSSR count). The van der Waals surface area contributed by atoms with E-state index in [1.807, 2.05) is 6.92 Å². The van der Waals surface area contributed by atoms with Crippen LogP contribution in [0, 0.1) is 10.1 Å². The lowest BCUT2D eigenvalue weighted by atomic mass is 10.3. The van der Waals surface area contributed by atoms with E-state index in [1.165, 1.54) is 6.07 Å². The molecule has 0 radical (unpaired) electrons. The van der Waals surface area contributed by atoms with E-state index in [0.29, 0.717) is 44.5 Å². The Hall–Kier alpha value is -1.93. The van der Waals surface area contributed by atoms with E-state index in [9.17, 15) is 10.1 Å². The number of nitrogens with one attached hydrogen (secondary N) is 1. The smallest absolute Gasteiger partial charge is 0.311 e. The molecular weight excluding hydrogens is 276 g/mol. The van der Waals surface area contributed by atoms with Crippen LogP contribution in [0.1, 0.15) is 6.92 Å².